The molecule has 0 saturated heterocycles. The molecule has 1 rings (SSSR count). The molecule has 0 saturated carbocycles. The van der Waals surface area contributed by atoms with E-state index in [1.165, 1.54) is 6.92 Å². The minimum Gasteiger partial charge on any atom is -0.493 e. The Labute approximate surface area is 117 Å². The third-order valence-electron chi connectivity index (χ3n) is 2.61. The van der Waals surface area contributed by atoms with E-state index in [1.54, 1.807) is 25.3 Å². The molecule has 4 heteroatoms. The van der Waals surface area contributed by atoms with Gasteiger partial charge in [-0.3, -0.25) is 4.79 Å². The van der Waals surface area contributed by atoms with Crippen LogP contribution in [0.2, 0.25) is 0 Å². The number of ketones is 1. The summed E-state index contributed by atoms with van der Waals surface area (Å²) < 4.78 is 10.9. The SMILES string of the molecule is COc1cc(C(C)=O)ccc1OCCCCCBr. The van der Waals surface area contributed by atoms with Crippen molar-refractivity contribution >= 4 is 21.7 Å². The molecule has 0 fully saturated rings. The van der Waals surface area contributed by atoms with Crippen LogP contribution in [-0.2, 0) is 0 Å². The van der Waals surface area contributed by atoms with Crippen molar-refractivity contribution in [1.82, 2.24) is 0 Å². The largest absolute Gasteiger partial charge is 0.493 e. The standard InChI is InChI=1S/C14H19BrO3/c1-11(16)12-6-7-13(14(10-12)17-2)18-9-5-3-4-8-15/h6-7,10H,3-5,8-9H2,1-2H3. The smallest absolute Gasteiger partial charge is 0.161 e. The van der Waals surface area contributed by atoms with Crippen LogP contribution >= 0.6 is 15.9 Å². The number of hydrogen-bond acceptors (Lipinski definition) is 3. The summed E-state index contributed by atoms with van der Waals surface area (Å²) in [6, 6.07) is 5.27. The first-order chi connectivity index (χ1) is 8.69. The van der Waals surface area contributed by atoms with E-state index in [1.807, 2.05) is 0 Å². The number of benzene rings is 1. The average molecular weight is 315 g/mol. The third-order valence-corrected chi connectivity index (χ3v) is 3.17. The maximum absolute atomic E-state index is 11.3. The Kier molecular flexibility index (Phi) is 6.80. The van der Waals surface area contributed by atoms with E-state index in [4.69, 9.17) is 9.47 Å². The highest BCUT2D eigenvalue weighted by Gasteiger charge is 2.07. The van der Waals surface area contributed by atoms with Gasteiger partial charge in [0.25, 0.3) is 0 Å². The van der Waals surface area contributed by atoms with Crippen LogP contribution in [-0.4, -0.2) is 24.8 Å². The molecule has 18 heavy (non-hydrogen) atoms. The lowest BCUT2D eigenvalue weighted by Crippen LogP contribution is -2.01. The number of Topliss-reactive ketones (excluding diaryl/α,β-unsaturated/α-hetero) is 1. The maximum atomic E-state index is 11.3. The van der Waals surface area contributed by atoms with Crippen molar-refractivity contribution in [1.29, 1.82) is 0 Å². The molecule has 1 aromatic rings. The van der Waals surface area contributed by atoms with Crippen molar-refractivity contribution in [3.05, 3.63) is 23.8 Å². The number of carbonyl (C=O) groups is 1. The Bertz CT molecular complexity index is 391. The third kappa shape index (κ3) is 4.69. The molecule has 0 aliphatic heterocycles. The molecule has 100 valence electrons. The van der Waals surface area contributed by atoms with Crippen molar-refractivity contribution in [3.8, 4) is 11.5 Å². The number of carbonyl (C=O) groups excluding carboxylic acids is 1. The second-order valence-corrected chi connectivity index (χ2v) is 4.81. The Morgan fingerprint density at radius 1 is 1.22 bits per heavy atom. The van der Waals surface area contributed by atoms with Gasteiger partial charge in [-0.25, -0.2) is 0 Å². The fourth-order valence-electron chi connectivity index (χ4n) is 1.56. The topological polar surface area (TPSA) is 35.5 Å². The summed E-state index contributed by atoms with van der Waals surface area (Å²) >= 11 is 3.40. The van der Waals surface area contributed by atoms with Gasteiger partial charge in [0.15, 0.2) is 17.3 Å². The molecule has 0 bridgehead atoms. The van der Waals surface area contributed by atoms with Crippen molar-refractivity contribution < 1.29 is 14.3 Å². The van der Waals surface area contributed by atoms with E-state index < -0.39 is 0 Å². The lowest BCUT2D eigenvalue weighted by atomic mass is 10.1. The van der Waals surface area contributed by atoms with E-state index in [-0.39, 0.29) is 5.78 Å². The van der Waals surface area contributed by atoms with Gasteiger partial charge in [-0.2, -0.15) is 0 Å². The minimum atomic E-state index is 0.0252. The van der Waals surface area contributed by atoms with Crippen LogP contribution in [0.5, 0.6) is 11.5 Å². The molecule has 0 aliphatic carbocycles. The molecule has 0 unspecified atom stereocenters. The van der Waals surface area contributed by atoms with Gasteiger partial charge in [-0.1, -0.05) is 15.9 Å². The number of hydrogen-bond donors (Lipinski definition) is 0. The first kappa shape index (κ1) is 15.0. The Hall–Kier alpha value is -1.03. The Morgan fingerprint density at radius 3 is 2.61 bits per heavy atom. The molecule has 0 atom stereocenters. The molecule has 0 N–H and O–H groups in total. The Morgan fingerprint density at radius 2 is 2.00 bits per heavy atom. The summed E-state index contributed by atoms with van der Waals surface area (Å²) in [6.45, 7) is 2.21. The lowest BCUT2D eigenvalue weighted by molar-refractivity contribution is 0.101. The summed E-state index contributed by atoms with van der Waals surface area (Å²) in [5, 5.41) is 1.03. The van der Waals surface area contributed by atoms with Gasteiger partial charge in [0, 0.05) is 10.9 Å². The number of alkyl halides is 1. The van der Waals surface area contributed by atoms with Crippen LogP contribution in [0.4, 0.5) is 0 Å². The summed E-state index contributed by atoms with van der Waals surface area (Å²) in [4.78, 5) is 11.3. The number of halogens is 1. The molecule has 1 aromatic carbocycles. The highest BCUT2D eigenvalue weighted by Crippen LogP contribution is 2.28. The zero-order valence-corrected chi connectivity index (χ0v) is 12.5. The van der Waals surface area contributed by atoms with Gasteiger partial charge in [0.1, 0.15) is 0 Å². The number of ether oxygens (including phenoxy) is 2. The van der Waals surface area contributed by atoms with Crippen LogP contribution in [0.1, 0.15) is 36.5 Å². The van der Waals surface area contributed by atoms with Gasteiger partial charge in [0.2, 0.25) is 0 Å². The molecule has 0 aliphatic rings. The number of rotatable bonds is 8. The molecule has 0 spiro atoms. The quantitative estimate of drug-likeness (QED) is 0.415. The number of methoxy groups -OCH3 is 1. The first-order valence-electron chi connectivity index (χ1n) is 6.06. The van der Waals surface area contributed by atoms with E-state index in [2.05, 4.69) is 15.9 Å². The average Bonchev–Trinajstić information content (AvgIpc) is 2.38. The van der Waals surface area contributed by atoms with Crippen molar-refractivity contribution in [3.63, 3.8) is 0 Å². The van der Waals surface area contributed by atoms with E-state index >= 15 is 0 Å². The predicted octanol–water partition coefficient (Wildman–Crippen LogP) is 3.84. The summed E-state index contributed by atoms with van der Waals surface area (Å²) in [7, 11) is 1.58. The van der Waals surface area contributed by atoms with Crippen LogP contribution in [0, 0.1) is 0 Å². The molecule has 3 nitrogen and oxygen atoms in total. The highest BCUT2D eigenvalue weighted by atomic mass is 79.9. The van der Waals surface area contributed by atoms with E-state index in [9.17, 15) is 4.79 Å². The normalized spacial score (nSPS) is 10.2. The summed E-state index contributed by atoms with van der Waals surface area (Å²) in [5.41, 5.74) is 0.637. The van der Waals surface area contributed by atoms with Crippen molar-refractivity contribution in [2.75, 3.05) is 19.0 Å². The van der Waals surface area contributed by atoms with Crippen LogP contribution < -0.4 is 9.47 Å². The van der Waals surface area contributed by atoms with Gasteiger partial charge in [-0.15, -0.1) is 0 Å². The van der Waals surface area contributed by atoms with Gasteiger partial charge < -0.3 is 9.47 Å². The van der Waals surface area contributed by atoms with Crippen LogP contribution in [0.15, 0.2) is 18.2 Å². The number of unbranched alkanes of at least 4 members (excludes halogenated alkanes) is 2. The second kappa shape index (κ2) is 8.14. The van der Waals surface area contributed by atoms with Gasteiger partial charge in [-0.05, 0) is 44.4 Å². The van der Waals surface area contributed by atoms with Crippen LogP contribution in [0.3, 0.4) is 0 Å². The van der Waals surface area contributed by atoms with Crippen molar-refractivity contribution in [2.45, 2.75) is 26.2 Å². The molecule has 0 amide bonds. The van der Waals surface area contributed by atoms with Gasteiger partial charge >= 0.3 is 0 Å². The molecule has 0 heterocycles. The van der Waals surface area contributed by atoms with E-state index in [0.717, 1.165) is 24.6 Å². The summed E-state index contributed by atoms with van der Waals surface area (Å²) in [5.74, 6) is 1.33. The fraction of sp³-hybridized carbons (Fsp3) is 0.500. The highest BCUT2D eigenvalue weighted by molar-refractivity contribution is 9.09. The fourth-order valence-corrected chi connectivity index (χ4v) is 1.96. The molecular formula is C14H19BrO3. The Balaban J connectivity index is 2.57. The monoisotopic (exact) mass is 314 g/mol. The zero-order valence-electron chi connectivity index (χ0n) is 10.9. The second-order valence-electron chi connectivity index (χ2n) is 4.02. The van der Waals surface area contributed by atoms with Gasteiger partial charge in [0.05, 0.1) is 13.7 Å². The molecule has 0 aromatic heterocycles. The molecule has 0 radical (unpaired) electrons. The first-order valence-corrected chi connectivity index (χ1v) is 7.19. The maximum Gasteiger partial charge on any atom is 0.161 e. The van der Waals surface area contributed by atoms with Crippen LogP contribution in [0.25, 0.3) is 0 Å². The zero-order chi connectivity index (χ0) is 13.4. The molecular weight excluding hydrogens is 296 g/mol. The predicted molar refractivity (Wildman–Crippen MR) is 76.1 cm³/mol. The minimum absolute atomic E-state index is 0.0252. The van der Waals surface area contributed by atoms with Crippen molar-refractivity contribution in [2.24, 2.45) is 0 Å². The summed E-state index contributed by atoms with van der Waals surface area (Å²) in [6.07, 6.45) is 3.31. The van der Waals surface area contributed by atoms with E-state index in [0.29, 0.717) is 23.7 Å². The lowest BCUT2D eigenvalue weighted by Gasteiger charge is -2.11.